The molecule has 3 unspecified atom stereocenters. The number of nitrogens with one attached hydrogen (secondary N) is 3. The second kappa shape index (κ2) is 10.2. The number of benzene rings is 2. The second-order valence-corrected chi connectivity index (χ2v) is 11.0. The van der Waals surface area contributed by atoms with Crippen molar-refractivity contribution in [3.05, 3.63) is 78.4 Å². The topological polar surface area (TPSA) is 132 Å². The number of amides is 1. The van der Waals surface area contributed by atoms with Crippen LogP contribution in [0.3, 0.4) is 0 Å². The highest BCUT2D eigenvalue weighted by Gasteiger charge is 2.42. The van der Waals surface area contributed by atoms with Gasteiger partial charge in [0.25, 0.3) is 5.91 Å². The standard InChI is InChI=1S/C25H29N5O5S/c1-25(2,3)16-10-12-17(13-11-16)36(32,33)30-21-20(35-19-9-6-5-8-18(19)34-4)24(31)29-23(28-21)22-26-14-7-15-27-22/h5-15,20-21,23,28,30H,1-4H3,(H,29,31). The van der Waals surface area contributed by atoms with E-state index >= 15 is 0 Å². The molecule has 10 nitrogen and oxygen atoms in total. The van der Waals surface area contributed by atoms with Crippen molar-refractivity contribution in [2.75, 3.05) is 7.11 Å². The number of ether oxygens (including phenoxy) is 2. The van der Waals surface area contributed by atoms with Gasteiger partial charge in [-0.3, -0.25) is 10.1 Å². The molecule has 0 saturated carbocycles. The van der Waals surface area contributed by atoms with Crippen molar-refractivity contribution in [2.45, 2.75) is 49.5 Å². The Morgan fingerprint density at radius 1 is 0.944 bits per heavy atom. The van der Waals surface area contributed by atoms with Gasteiger partial charge in [0.2, 0.25) is 16.1 Å². The van der Waals surface area contributed by atoms with E-state index in [0.717, 1.165) is 5.56 Å². The smallest absolute Gasteiger partial charge is 0.265 e. The summed E-state index contributed by atoms with van der Waals surface area (Å²) in [6.07, 6.45) is -0.186. The van der Waals surface area contributed by atoms with Crippen molar-refractivity contribution in [3.8, 4) is 11.5 Å². The highest BCUT2D eigenvalue weighted by atomic mass is 32.2. The third kappa shape index (κ3) is 5.64. The minimum absolute atomic E-state index is 0.0619. The second-order valence-electron chi connectivity index (χ2n) is 9.28. The Balaban J connectivity index is 1.65. The van der Waals surface area contributed by atoms with Crippen LogP contribution in [-0.4, -0.2) is 43.7 Å². The zero-order valence-electron chi connectivity index (χ0n) is 20.4. The number of aromatic nitrogens is 2. The number of carbonyl (C=O) groups is 1. The minimum Gasteiger partial charge on any atom is -0.493 e. The SMILES string of the molecule is COc1ccccc1OC1C(=O)NC(c2ncccn2)NC1NS(=O)(=O)c1ccc(C(C)(C)C)cc1. The number of rotatable bonds is 7. The first kappa shape index (κ1) is 25.5. The molecule has 1 amide bonds. The summed E-state index contributed by atoms with van der Waals surface area (Å²) in [6.45, 7) is 6.14. The molecular weight excluding hydrogens is 482 g/mol. The van der Waals surface area contributed by atoms with Gasteiger partial charge in [0.15, 0.2) is 17.3 Å². The summed E-state index contributed by atoms with van der Waals surface area (Å²) in [5.41, 5.74) is 0.866. The molecule has 190 valence electrons. The van der Waals surface area contributed by atoms with Crippen LogP contribution in [0.5, 0.6) is 11.5 Å². The van der Waals surface area contributed by atoms with Gasteiger partial charge in [0.1, 0.15) is 12.3 Å². The highest BCUT2D eigenvalue weighted by Crippen LogP contribution is 2.29. The first-order chi connectivity index (χ1) is 17.1. The van der Waals surface area contributed by atoms with Crippen molar-refractivity contribution in [2.24, 2.45) is 0 Å². The lowest BCUT2D eigenvalue weighted by Gasteiger charge is -2.36. The van der Waals surface area contributed by atoms with Crippen molar-refractivity contribution < 1.29 is 22.7 Å². The maximum absolute atomic E-state index is 13.3. The number of para-hydroxylation sites is 2. The van der Waals surface area contributed by atoms with Crippen molar-refractivity contribution in [1.82, 2.24) is 25.3 Å². The summed E-state index contributed by atoms with van der Waals surface area (Å²) in [7, 11) is -2.56. The molecule has 0 aliphatic carbocycles. The highest BCUT2D eigenvalue weighted by molar-refractivity contribution is 7.89. The Morgan fingerprint density at radius 2 is 1.58 bits per heavy atom. The fourth-order valence-corrected chi connectivity index (χ4v) is 4.88. The van der Waals surface area contributed by atoms with E-state index < -0.39 is 34.4 Å². The quantitative estimate of drug-likeness (QED) is 0.440. The zero-order valence-corrected chi connectivity index (χ0v) is 21.2. The van der Waals surface area contributed by atoms with E-state index in [9.17, 15) is 13.2 Å². The summed E-state index contributed by atoms with van der Waals surface area (Å²) in [5, 5.41) is 5.80. The predicted octanol–water partition coefficient (Wildman–Crippen LogP) is 2.25. The molecule has 0 radical (unpaired) electrons. The fraction of sp³-hybridized carbons (Fsp3) is 0.320. The van der Waals surface area contributed by atoms with Crippen molar-refractivity contribution >= 4 is 15.9 Å². The number of methoxy groups -OCH3 is 1. The zero-order chi connectivity index (χ0) is 25.9. The number of hydrogen-bond acceptors (Lipinski definition) is 8. The van der Waals surface area contributed by atoms with Gasteiger partial charge in [-0.05, 0) is 41.3 Å². The van der Waals surface area contributed by atoms with Crippen LogP contribution >= 0.6 is 0 Å². The summed E-state index contributed by atoms with van der Waals surface area (Å²) in [6, 6.07) is 15.1. The van der Waals surface area contributed by atoms with Crippen LogP contribution in [-0.2, 0) is 20.2 Å². The van der Waals surface area contributed by atoms with Gasteiger partial charge in [-0.15, -0.1) is 0 Å². The van der Waals surface area contributed by atoms with E-state index in [4.69, 9.17) is 9.47 Å². The lowest BCUT2D eigenvalue weighted by Crippen LogP contribution is -2.67. The number of hydrogen-bond donors (Lipinski definition) is 3. The lowest BCUT2D eigenvalue weighted by atomic mass is 9.87. The van der Waals surface area contributed by atoms with E-state index in [1.54, 1.807) is 54.6 Å². The average Bonchev–Trinajstić information content (AvgIpc) is 2.86. The maximum atomic E-state index is 13.3. The Morgan fingerprint density at radius 3 is 2.19 bits per heavy atom. The van der Waals surface area contributed by atoms with Gasteiger partial charge >= 0.3 is 0 Å². The first-order valence-corrected chi connectivity index (χ1v) is 12.8. The first-order valence-electron chi connectivity index (χ1n) is 11.3. The molecule has 1 fully saturated rings. The van der Waals surface area contributed by atoms with E-state index in [-0.39, 0.29) is 21.9 Å². The van der Waals surface area contributed by atoms with Gasteiger partial charge in [0, 0.05) is 12.4 Å². The normalized spacial score (nSPS) is 20.4. The van der Waals surface area contributed by atoms with Crippen LogP contribution in [0.25, 0.3) is 0 Å². The Labute approximate surface area is 210 Å². The van der Waals surface area contributed by atoms with Crippen molar-refractivity contribution in [1.29, 1.82) is 0 Å². The van der Waals surface area contributed by atoms with Crippen LogP contribution in [0.2, 0.25) is 0 Å². The van der Waals surface area contributed by atoms with Gasteiger partial charge in [0.05, 0.1) is 12.0 Å². The summed E-state index contributed by atoms with van der Waals surface area (Å²) < 4.78 is 40.5. The van der Waals surface area contributed by atoms with Crippen LogP contribution in [0.15, 0.2) is 71.9 Å². The number of nitrogens with zero attached hydrogens (tertiary/aromatic N) is 2. The average molecular weight is 512 g/mol. The molecule has 2 heterocycles. The minimum atomic E-state index is -4.04. The lowest BCUT2D eigenvalue weighted by molar-refractivity contribution is -0.134. The molecule has 36 heavy (non-hydrogen) atoms. The van der Waals surface area contributed by atoms with Crippen LogP contribution < -0.4 is 24.8 Å². The van der Waals surface area contributed by atoms with Crippen molar-refractivity contribution in [3.63, 3.8) is 0 Å². The Bertz CT molecular complexity index is 1310. The third-order valence-electron chi connectivity index (χ3n) is 5.67. The van der Waals surface area contributed by atoms with Gasteiger partial charge in [-0.2, -0.15) is 4.72 Å². The Hall–Kier alpha value is -3.54. The van der Waals surface area contributed by atoms with E-state index in [2.05, 4.69) is 25.3 Å². The Kier molecular flexibility index (Phi) is 7.25. The molecule has 2 aromatic carbocycles. The van der Waals surface area contributed by atoms with Crippen LogP contribution in [0.4, 0.5) is 0 Å². The van der Waals surface area contributed by atoms with E-state index in [0.29, 0.717) is 5.75 Å². The molecular formula is C25H29N5O5S. The monoisotopic (exact) mass is 511 g/mol. The van der Waals surface area contributed by atoms with Gasteiger partial charge in [-0.25, -0.2) is 18.4 Å². The number of carbonyl (C=O) groups excluding carboxylic acids is 1. The molecule has 0 bridgehead atoms. The molecule has 1 aliphatic rings. The van der Waals surface area contributed by atoms with Gasteiger partial charge in [-0.1, -0.05) is 45.0 Å². The summed E-state index contributed by atoms with van der Waals surface area (Å²) in [4.78, 5) is 21.6. The molecule has 0 spiro atoms. The molecule has 1 aliphatic heterocycles. The molecule has 4 rings (SSSR count). The third-order valence-corrected chi connectivity index (χ3v) is 7.13. The summed E-state index contributed by atoms with van der Waals surface area (Å²) in [5.74, 6) is 0.418. The molecule has 3 N–H and O–H groups in total. The predicted molar refractivity (Wildman–Crippen MR) is 133 cm³/mol. The largest absolute Gasteiger partial charge is 0.493 e. The molecule has 1 saturated heterocycles. The fourth-order valence-electron chi connectivity index (χ4n) is 3.72. The number of sulfonamides is 1. The maximum Gasteiger partial charge on any atom is 0.265 e. The van der Waals surface area contributed by atoms with Crippen LogP contribution in [0, 0.1) is 0 Å². The molecule has 1 aromatic heterocycles. The van der Waals surface area contributed by atoms with Crippen LogP contribution in [0.1, 0.15) is 38.3 Å². The van der Waals surface area contributed by atoms with E-state index in [1.807, 2.05) is 20.8 Å². The molecule has 3 aromatic rings. The summed E-state index contributed by atoms with van der Waals surface area (Å²) >= 11 is 0. The van der Waals surface area contributed by atoms with E-state index in [1.165, 1.54) is 19.5 Å². The van der Waals surface area contributed by atoms with Gasteiger partial charge < -0.3 is 14.8 Å². The molecule has 11 heteroatoms. The molecule has 3 atom stereocenters.